The monoisotopic (exact) mass is 606 g/mol. The molecule has 2 atom stereocenters. The first-order chi connectivity index (χ1) is 21.7. The highest BCUT2D eigenvalue weighted by Crippen LogP contribution is 2.65. The molecule has 218 valence electrons. The molecule has 2 heteroatoms. The second kappa shape index (κ2) is 14.8. The van der Waals surface area contributed by atoms with Crippen molar-refractivity contribution in [2.45, 2.75) is 25.2 Å². The summed E-state index contributed by atoms with van der Waals surface area (Å²) in [6, 6.07) is 68.0. The van der Waals surface area contributed by atoms with Crippen LogP contribution < -0.4 is 21.2 Å². The SMILES string of the molecule is CC(C)C(C(c1ccccc1)P(c1ccccc1)c1ccccc1)C(c1ccccc1)P(c1ccccc1)c1ccccc1. The topological polar surface area (TPSA) is 0 Å². The first kappa shape index (κ1) is 30.2. The van der Waals surface area contributed by atoms with Crippen LogP contribution in [0, 0.1) is 11.8 Å². The molecule has 0 aromatic heterocycles. The van der Waals surface area contributed by atoms with Gasteiger partial charge < -0.3 is 0 Å². The Kier molecular flexibility index (Phi) is 10.1. The quantitative estimate of drug-likeness (QED) is 0.129. The van der Waals surface area contributed by atoms with Crippen molar-refractivity contribution in [1.82, 2.24) is 0 Å². The predicted octanol–water partition coefficient (Wildman–Crippen LogP) is 10.0. The van der Waals surface area contributed by atoms with Gasteiger partial charge in [-0.25, -0.2) is 0 Å². The molecule has 0 saturated heterocycles. The van der Waals surface area contributed by atoms with Gasteiger partial charge >= 0.3 is 0 Å². The molecule has 0 amide bonds. The Morgan fingerprint density at radius 2 is 0.545 bits per heavy atom. The van der Waals surface area contributed by atoms with Gasteiger partial charge in [0, 0.05) is 11.3 Å². The molecule has 0 saturated carbocycles. The molecule has 6 aromatic rings. The fraction of sp³-hybridized carbons (Fsp3) is 0.143. The summed E-state index contributed by atoms with van der Waals surface area (Å²) in [5.74, 6) is 0.790. The fourth-order valence-electron chi connectivity index (χ4n) is 6.58. The van der Waals surface area contributed by atoms with Crippen molar-refractivity contribution in [3.05, 3.63) is 193 Å². The molecule has 2 unspecified atom stereocenters. The van der Waals surface area contributed by atoms with E-state index in [1.165, 1.54) is 32.3 Å². The first-order valence-electron chi connectivity index (χ1n) is 15.6. The molecule has 6 aromatic carbocycles. The summed E-state index contributed by atoms with van der Waals surface area (Å²) in [4.78, 5) is 0. The molecule has 0 radical (unpaired) electrons. The van der Waals surface area contributed by atoms with Gasteiger partial charge in [0.25, 0.3) is 0 Å². The van der Waals surface area contributed by atoms with E-state index >= 15 is 0 Å². The lowest BCUT2D eigenvalue weighted by molar-refractivity contribution is 0.362. The molecular formula is C42H40P2. The minimum Gasteiger partial charge on any atom is -0.0624 e. The molecule has 0 fully saturated rings. The van der Waals surface area contributed by atoms with Crippen molar-refractivity contribution in [3.8, 4) is 0 Å². The molecule has 0 nitrogen and oxygen atoms in total. The Labute approximate surface area is 266 Å². The van der Waals surface area contributed by atoms with Gasteiger partial charge in [0.2, 0.25) is 0 Å². The zero-order valence-corrected chi connectivity index (χ0v) is 27.3. The third kappa shape index (κ3) is 6.79. The van der Waals surface area contributed by atoms with E-state index in [0.717, 1.165) is 0 Å². The van der Waals surface area contributed by atoms with Crippen LogP contribution in [0.5, 0.6) is 0 Å². The maximum Gasteiger partial charge on any atom is 0.0162 e. The second-order valence-corrected chi connectivity index (χ2v) is 16.3. The summed E-state index contributed by atoms with van der Waals surface area (Å²) in [5.41, 5.74) is 3.47. The van der Waals surface area contributed by atoms with Gasteiger partial charge in [-0.05, 0) is 60.0 Å². The van der Waals surface area contributed by atoms with Crippen molar-refractivity contribution in [1.29, 1.82) is 0 Å². The van der Waals surface area contributed by atoms with Gasteiger partial charge in [-0.15, -0.1) is 0 Å². The normalized spacial score (nSPS) is 13.6. The highest BCUT2D eigenvalue weighted by molar-refractivity contribution is 7.74. The van der Waals surface area contributed by atoms with E-state index in [4.69, 9.17) is 0 Å². The van der Waals surface area contributed by atoms with Gasteiger partial charge in [0.05, 0.1) is 0 Å². The zero-order valence-electron chi connectivity index (χ0n) is 25.5. The van der Waals surface area contributed by atoms with E-state index in [-0.39, 0.29) is 0 Å². The Morgan fingerprint density at radius 3 is 0.773 bits per heavy atom. The molecule has 6 rings (SSSR count). The largest absolute Gasteiger partial charge is 0.0624 e. The maximum atomic E-state index is 2.46. The standard InChI is InChI=1S/C42H40P2/c1-33(2)40(41(34-21-9-3-10-22-34)43(36-25-13-5-14-26-36)37-27-15-6-16-28-37)42(35-23-11-4-12-24-35)44(38-29-17-7-18-30-38)39-31-19-8-20-32-39/h3-33,40-42H,1-2H3. The van der Waals surface area contributed by atoms with E-state index < -0.39 is 15.8 Å². The van der Waals surface area contributed by atoms with Crippen LogP contribution in [0.15, 0.2) is 182 Å². The third-order valence-electron chi connectivity index (χ3n) is 8.47. The van der Waals surface area contributed by atoms with Gasteiger partial charge in [-0.2, -0.15) is 0 Å². The molecule has 44 heavy (non-hydrogen) atoms. The van der Waals surface area contributed by atoms with E-state index in [0.29, 0.717) is 23.2 Å². The van der Waals surface area contributed by atoms with Crippen LogP contribution >= 0.6 is 15.8 Å². The third-order valence-corrected chi connectivity index (χ3v) is 14.3. The number of rotatable bonds is 11. The second-order valence-electron chi connectivity index (χ2n) is 11.6. The Morgan fingerprint density at radius 1 is 0.318 bits per heavy atom. The van der Waals surface area contributed by atoms with Crippen molar-refractivity contribution in [3.63, 3.8) is 0 Å². The first-order valence-corrected chi connectivity index (χ1v) is 18.4. The van der Waals surface area contributed by atoms with E-state index in [2.05, 4.69) is 196 Å². The Bertz CT molecular complexity index is 1470. The van der Waals surface area contributed by atoms with E-state index in [1.54, 1.807) is 0 Å². The van der Waals surface area contributed by atoms with Gasteiger partial charge in [-0.1, -0.05) is 196 Å². The zero-order chi connectivity index (χ0) is 30.1. The summed E-state index contributed by atoms with van der Waals surface area (Å²) in [6.45, 7) is 4.92. The molecule has 0 heterocycles. The molecule has 0 aliphatic carbocycles. The minimum absolute atomic E-state index is 0.304. The molecule has 0 N–H and O–H groups in total. The summed E-state index contributed by atoms with van der Waals surface area (Å²) in [7, 11) is -1.47. The fourth-order valence-corrected chi connectivity index (χ4v) is 13.2. The van der Waals surface area contributed by atoms with Crippen molar-refractivity contribution >= 4 is 37.1 Å². The average Bonchev–Trinajstić information content (AvgIpc) is 3.10. The highest BCUT2D eigenvalue weighted by atomic mass is 31.1. The van der Waals surface area contributed by atoms with Gasteiger partial charge in [0.1, 0.15) is 0 Å². The van der Waals surface area contributed by atoms with Crippen molar-refractivity contribution < 1.29 is 0 Å². The summed E-state index contributed by atoms with van der Waals surface area (Å²) in [6.07, 6.45) is 0. The molecular weight excluding hydrogens is 566 g/mol. The lowest BCUT2D eigenvalue weighted by Crippen LogP contribution is -2.32. The van der Waals surface area contributed by atoms with Gasteiger partial charge in [-0.3, -0.25) is 0 Å². The molecule has 0 aliphatic rings. The maximum absolute atomic E-state index is 2.46. The lowest BCUT2D eigenvalue weighted by atomic mass is 9.83. The Hall–Kier alpha value is -3.82. The summed E-state index contributed by atoms with van der Waals surface area (Å²) < 4.78 is 0. The number of hydrogen-bond donors (Lipinski definition) is 0. The Balaban J connectivity index is 1.65. The van der Waals surface area contributed by atoms with Crippen molar-refractivity contribution in [2.24, 2.45) is 11.8 Å². The smallest absolute Gasteiger partial charge is 0.0162 e. The van der Waals surface area contributed by atoms with Crippen LogP contribution in [0.3, 0.4) is 0 Å². The average molecular weight is 607 g/mol. The minimum atomic E-state index is -0.737. The van der Waals surface area contributed by atoms with Crippen LogP contribution in [0.2, 0.25) is 0 Å². The molecule has 0 bridgehead atoms. The summed E-state index contributed by atoms with van der Waals surface area (Å²) >= 11 is 0. The number of hydrogen-bond acceptors (Lipinski definition) is 0. The van der Waals surface area contributed by atoms with E-state index in [1.807, 2.05) is 0 Å². The van der Waals surface area contributed by atoms with Crippen LogP contribution in [0.25, 0.3) is 0 Å². The predicted molar refractivity (Wildman–Crippen MR) is 195 cm³/mol. The van der Waals surface area contributed by atoms with Crippen LogP contribution in [0.4, 0.5) is 0 Å². The van der Waals surface area contributed by atoms with E-state index in [9.17, 15) is 0 Å². The molecule has 0 aliphatic heterocycles. The van der Waals surface area contributed by atoms with Crippen LogP contribution in [-0.4, -0.2) is 0 Å². The van der Waals surface area contributed by atoms with Crippen LogP contribution in [-0.2, 0) is 0 Å². The number of benzene rings is 6. The molecule has 0 spiro atoms. The summed E-state index contributed by atoms with van der Waals surface area (Å²) in [5, 5.41) is 5.74. The van der Waals surface area contributed by atoms with Crippen LogP contribution in [0.1, 0.15) is 36.3 Å². The van der Waals surface area contributed by atoms with Gasteiger partial charge in [0.15, 0.2) is 0 Å². The highest BCUT2D eigenvalue weighted by Gasteiger charge is 2.43. The lowest BCUT2D eigenvalue weighted by Gasteiger charge is -2.45. The van der Waals surface area contributed by atoms with Crippen molar-refractivity contribution in [2.75, 3.05) is 0 Å².